The SMILES string of the molecule is CC(C)CCNC(=O)c1cc(N2CCN(c3ccccn3)CC2)ncn1. The van der Waals surface area contributed by atoms with Crippen molar-refractivity contribution < 1.29 is 4.79 Å². The first-order chi connectivity index (χ1) is 12.6. The second kappa shape index (κ2) is 8.60. The van der Waals surface area contributed by atoms with E-state index in [4.69, 9.17) is 0 Å². The number of nitrogens with zero attached hydrogens (tertiary/aromatic N) is 5. The molecule has 0 atom stereocenters. The van der Waals surface area contributed by atoms with E-state index >= 15 is 0 Å². The summed E-state index contributed by atoms with van der Waals surface area (Å²) in [6, 6.07) is 7.73. The molecule has 1 N–H and O–H groups in total. The lowest BCUT2D eigenvalue weighted by Crippen LogP contribution is -2.47. The second-order valence-electron chi connectivity index (χ2n) is 6.86. The van der Waals surface area contributed by atoms with Gasteiger partial charge in [-0.25, -0.2) is 15.0 Å². The van der Waals surface area contributed by atoms with E-state index < -0.39 is 0 Å². The van der Waals surface area contributed by atoms with Crippen molar-refractivity contribution in [2.24, 2.45) is 5.92 Å². The minimum absolute atomic E-state index is 0.138. The van der Waals surface area contributed by atoms with Crippen LogP contribution in [-0.2, 0) is 0 Å². The van der Waals surface area contributed by atoms with E-state index in [1.165, 1.54) is 6.33 Å². The number of hydrogen-bond donors (Lipinski definition) is 1. The maximum Gasteiger partial charge on any atom is 0.270 e. The summed E-state index contributed by atoms with van der Waals surface area (Å²) in [5, 5.41) is 2.92. The molecule has 1 aliphatic rings. The fourth-order valence-electron chi connectivity index (χ4n) is 2.91. The molecule has 138 valence electrons. The average molecular weight is 354 g/mol. The molecule has 1 amide bonds. The number of anilines is 2. The molecule has 0 aliphatic carbocycles. The Kier molecular flexibility index (Phi) is 5.99. The van der Waals surface area contributed by atoms with Gasteiger partial charge in [0.1, 0.15) is 23.7 Å². The Labute approximate surface area is 154 Å². The highest BCUT2D eigenvalue weighted by Gasteiger charge is 2.20. The van der Waals surface area contributed by atoms with Gasteiger partial charge in [-0.05, 0) is 24.5 Å². The van der Waals surface area contributed by atoms with Crippen LogP contribution in [0.4, 0.5) is 11.6 Å². The lowest BCUT2D eigenvalue weighted by Gasteiger charge is -2.36. The summed E-state index contributed by atoms with van der Waals surface area (Å²) in [5.74, 6) is 2.22. The molecule has 7 nitrogen and oxygen atoms in total. The molecule has 1 saturated heterocycles. The molecular weight excluding hydrogens is 328 g/mol. The van der Waals surface area contributed by atoms with E-state index in [9.17, 15) is 4.79 Å². The van der Waals surface area contributed by atoms with Crippen LogP contribution >= 0.6 is 0 Å². The number of carbonyl (C=O) groups excluding carboxylic acids is 1. The van der Waals surface area contributed by atoms with Crippen molar-refractivity contribution in [1.82, 2.24) is 20.3 Å². The summed E-state index contributed by atoms with van der Waals surface area (Å²) in [4.78, 5) is 29.6. The van der Waals surface area contributed by atoms with E-state index in [1.807, 2.05) is 24.4 Å². The molecule has 0 saturated carbocycles. The van der Waals surface area contributed by atoms with Gasteiger partial charge in [0, 0.05) is 45.0 Å². The van der Waals surface area contributed by atoms with Crippen LogP contribution in [0.15, 0.2) is 36.8 Å². The monoisotopic (exact) mass is 354 g/mol. The maximum absolute atomic E-state index is 12.3. The molecule has 0 aromatic carbocycles. The van der Waals surface area contributed by atoms with Crippen LogP contribution in [0.25, 0.3) is 0 Å². The Morgan fingerprint density at radius 1 is 1.08 bits per heavy atom. The summed E-state index contributed by atoms with van der Waals surface area (Å²) >= 11 is 0. The summed E-state index contributed by atoms with van der Waals surface area (Å²) in [7, 11) is 0. The highest BCUT2D eigenvalue weighted by atomic mass is 16.1. The van der Waals surface area contributed by atoms with Gasteiger partial charge in [0.15, 0.2) is 0 Å². The van der Waals surface area contributed by atoms with E-state index in [0.29, 0.717) is 18.2 Å². The minimum Gasteiger partial charge on any atom is -0.353 e. The largest absolute Gasteiger partial charge is 0.353 e. The van der Waals surface area contributed by atoms with E-state index in [0.717, 1.165) is 44.2 Å². The fourth-order valence-corrected chi connectivity index (χ4v) is 2.91. The molecule has 1 fully saturated rings. The molecule has 26 heavy (non-hydrogen) atoms. The van der Waals surface area contributed by atoms with Gasteiger partial charge in [-0.1, -0.05) is 19.9 Å². The van der Waals surface area contributed by atoms with Gasteiger partial charge >= 0.3 is 0 Å². The Morgan fingerprint density at radius 3 is 2.46 bits per heavy atom. The number of aromatic nitrogens is 3. The van der Waals surface area contributed by atoms with Crippen molar-refractivity contribution in [3.8, 4) is 0 Å². The molecule has 0 spiro atoms. The fraction of sp³-hybridized carbons (Fsp3) is 0.474. The van der Waals surface area contributed by atoms with Crippen LogP contribution in [0.2, 0.25) is 0 Å². The molecule has 2 aromatic heterocycles. The quantitative estimate of drug-likeness (QED) is 0.855. The molecular formula is C19H26N6O. The van der Waals surface area contributed by atoms with Crippen molar-refractivity contribution in [2.75, 3.05) is 42.5 Å². The third-order valence-electron chi connectivity index (χ3n) is 4.47. The Balaban J connectivity index is 1.58. The smallest absolute Gasteiger partial charge is 0.270 e. The highest BCUT2D eigenvalue weighted by molar-refractivity contribution is 5.92. The number of rotatable bonds is 6. The Hall–Kier alpha value is -2.70. The zero-order valence-electron chi connectivity index (χ0n) is 15.4. The van der Waals surface area contributed by atoms with Gasteiger partial charge in [0.2, 0.25) is 0 Å². The first kappa shape index (κ1) is 18.1. The van der Waals surface area contributed by atoms with Crippen LogP contribution < -0.4 is 15.1 Å². The molecule has 2 aromatic rings. The predicted octanol–water partition coefficient (Wildman–Crippen LogP) is 1.97. The number of hydrogen-bond acceptors (Lipinski definition) is 6. The predicted molar refractivity (Wildman–Crippen MR) is 102 cm³/mol. The number of nitrogens with one attached hydrogen (secondary N) is 1. The van der Waals surface area contributed by atoms with Crippen LogP contribution in [0.3, 0.4) is 0 Å². The summed E-state index contributed by atoms with van der Waals surface area (Å²) in [6.07, 6.45) is 4.24. The first-order valence-electron chi connectivity index (χ1n) is 9.14. The van der Waals surface area contributed by atoms with Gasteiger partial charge in [-0.3, -0.25) is 4.79 Å². The normalized spacial score (nSPS) is 14.6. The number of amides is 1. The third kappa shape index (κ3) is 4.68. The van der Waals surface area contributed by atoms with Gasteiger partial charge in [-0.2, -0.15) is 0 Å². The van der Waals surface area contributed by atoms with Crippen LogP contribution in [0.5, 0.6) is 0 Å². The van der Waals surface area contributed by atoms with Crippen LogP contribution in [0.1, 0.15) is 30.8 Å². The Bertz CT molecular complexity index is 713. The maximum atomic E-state index is 12.3. The third-order valence-corrected chi connectivity index (χ3v) is 4.47. The standard InChI is InChI=1S/C19H26N6O/c1-15(2)6-8-21-19(26)16-13-18(23-14-22-16)25-11-9-24(10-12-25)17-5-3-4-7-20-17/h3-5,7,13-15H,6,8-12H2,1-2H3,(H,21,26). The van der Waals surface area contributed by atoms with Crippen LogP contribution in [0, 0.1) is 5.92 Å². The van der Waals surface area contributed by atoms with Gasteiger partial charge in [0.25, 0.3) is 5.91 Å². The van der Waals surface area contributed by atoms with Gasteiger partial charge in [0.05, 0.1) is 0 Å². The molecule has 0 unspecified atom stereocenters. The van der Waals surface area contributed by atoms with Crippen molar-refractivity contribution in [2.45, 2.75) is 20.3 Å². The molecule has 3 heterocycles. The minimum atomic E-state index is -0.138. The van der Waals surface area contributed by atoms with Gasteiger partial charge in [-0.15, -0.1) is 0 Å². The van der Waals surface area contributed by atoms with E-state index in [1.54, 1.807) is 6.07 Å². The summed E-state index contributed by atoms with van der Waals surface area (Å²) in [5.41, 5.74) is 0.422. The summed E-state index contributed by atoms with van der Waals surface area (Å²) in [6.45, 7) is 8.36. The summed E-state index contributed by atoms with van der Waals surface area (Å²) < 4.78 is 0. The zero-order chi connectivity index (χ0) is 18.4. The lowest BCUT2D eigenvalue weighted by molar-refractivity contribution is 0.0947. The zero-order valence-corrected chi connectivity index (χ0v) is 15.4. The second-order valence-corrected chi connectivity index (χ2v) is 6.86. The molecule has 1 aliphatic heterocycles. The molecule has 0 radical (unpaired) electrons. The van der Waals surface area contributed by atoms with E-state index in [2.05, 4.69) is 43.9 Å². The molecule has 7 heteroatoms. The van der Waals surface area contributed by atoms with Crippen molar-refractivity contribution >= 4 is 17.5 Å². The number of piperazine rings is 1. The van der Waals surface area contributed by atoms with Crippen molar-refractivity contribution in [1.29, 1.82) is 0 Å². The van der Waals surface area contributed by atoms with Gasteiger partial charge < -0.3 is 15.1 Å². The van der Waals surface area contributed by atoms with Crippen molar-refractivity contribution in [3.05, 3.63) is 42.5 Å². The molecule has 0 bridgehead atoms. The first-order valence-corrected chi connectivity index (χ1v) is 9.14. The van der Waals surface area contributed by atoms with Crippen LogP contribution in [-0.4, -0.2) is 53.6 Å². The lowest BCUT2D eigenvalue weighted by atomic mass is 10.1. The number of carbonyl (C=O) groups is 1. The highest BCUT2D eigenvalue weighted by Crippen LogP contribution is 2.17. The van der Waals surface area contributed by atoms with E-state index in [-0.39, 0.29) is 5.91 Å². The topological polar surface area (TPSA) is 74.2 Å². The molecule has 3 rings (SSSR count). The Morgan fingerprint density at radius 2 is 1.81 bits per heavy atom. The van der Waals surface area contributed by atoms with Crippen molar-refractivity contribution in [3.63, 3.8) is 0 Å². The number of pyridine rings is 1. The average Bonchev–Trinajstić information content (AvgIpc) is 2.68.